The maximum Gasteiger partial charge on any atom is 0.326 e. The van der Waals surface area contributed by atoms with Gasteiger partial charge in [-0.25, -0.2) is 8.42 Å². The number of ether oxygens (including phenoxy) is 1. The summed E-state index contributed by atoms with van der Waals surface area (Å²) in [6.07, 6.45) is 0. The van der Waals surface area contributed by atoms with Gasteiger partial charge in [0.15, 0.2) is 0 Å². The predicted octanol–water partition coefficient (Wildman–Crippen LogP) is 0.139. The van der Waals surface area contributed by atoms with Gasteiger partial charge in [-0.15, -0.1) is 0 Å². The molecule has 0 spiro atoms. The van der Waals surface area contributed by atoms with Crippen LogP contribution in [0.25, 0.3) is 0 Å². The van der Waals surface area contributed by atoms with Crippen molar-refractivity contribution in [2.24, 2.45) is 0 Å². The number of nitrogens with zero attached hydrogens (tertiary/aromatic N) is 2. The smallest absolute Gasteiger partial charge is 0.326 e. The van der Waals surface area contributed by atoms with Gasteiger partial charge in [-0.05, 0) is 12.1 Å². The lowest BCUT2D eigenvalue weighted by atomic mass is 10.3. The van der Waals surface area contributed by atoms with Gasteiger partial charge >= 0.3 is 5.97 Å². The van der Waals surface area contributed by atoms with Gasteiger partial charge in [0, 0.05) is 18.7 Å². The number of sulfonamides is 1. The molecule has 0 fully saturated rings. The first-order chi connectivity index (χ1) is 10.3. The minimum Gasteiger partial charge on any atom is -0.468 e. The number of aliphatic hydroxyl groups excluding tert-OH is 1. The quantitative estimate of drug-likeness (QED) is 0.427. The molecule has 0 radical (unpaired) electrons. The molecule has 1 aromatic carbocycles. The number of esters is 1. The Morgan fingerprint density at radius 2 is 1.95 bits per heavy atom. The Morgan fingerprint density at radius 3 is 2.32 bits per heavy atom. The summed E-state index contributed by atoms with van der Waals surface area (Å²) in [6, 6.07) is 2.86. The van der Waals surface area contributed by atoms with Crippen LogP contribution >= 0.6 is 0 Å². The molecule has 0 aliphatic rings. The van der Waals surface area contributed by atoms with Gasteiger partial charge in [0.1, 0.15) is 6.04 Å². The maximum absolute atomic E-state index is 12.5. The molecule has 0 saturated carbocycles. The summed E-state index contributed by atoms with van der Waals surface area (Å²) in [5, 5.41) is 19.8. The molecule has 122 valence electrons. The van der Waals surface area contributed by atoms with E-state index in [-0.39, 0.29) is 17.1 Å². The van der Waals surface area contributed by atoms with Crippen LogP contribution in [-0.2, 0) is 19.6 Å². The molecular weight excluding hydrogens is 316 g/mol. The van der Waals surface area contributed by atoms with E-state index in [1.165, 1.54) is 6.92 Å². The fourth-order valence-corrected chi connectivity index (χ4v) is 3.43. The molecule has 0 amide bonds. The Balaban J connectivity index is 3.23. The fourth-order valence-electron chi connectivity index (χ4n) is 1.85. The molecule has 1 atom stereocenters. The molecule has 1 rings (SSSR count). The summed E-state index contributed by atoms with van der Waals surface area (Å²) < 4.78 is 30.3. The SMILES string of the molecule is CCN([C@@H](CO)C(=O)OC)S(=O)(=O)c1ccc([N+](=O)[O-])cc1. The molecule has 10 heteroatoms. The number of methoxy groups -OCH3 is 1. The van der Waals surface area contributed by atoms with Crippen LogP contribution < -0.4 is 0 Å². The zero-order valence-electron chi connectivity index (χ0n) is 12.0. The largest absolute Gasteiger partial charge is 0.468 e. The molecule has 9 nitrogen and oxygen atoms in total. The second-order valence-electron chi connectivity index (χ2n) is 4.18. The van der Waals surface area contributed by atoms with Crippen LogP contribution in [0.4, 0.5) is 5.69 Å². The first-order valence-corrected chi connectivity index (χ1v) is 7.68. The number of nitro benzene ring substituents is 1. The van der Waals surface area contributed by atoms with Gasteiger partial charge in [-0.2, -0.15) is 4.31 Å². The number of likely N-dealkylation sites (N-methyl/N-ethyl adjacent to an activating group) is 1. The monoisotopic (exact) mass is 332 g/mol. The van der Waals surface area contributed by atoms with Crippen molar-refractivity contribution in [2.75, 3.05) is 20.3 Å². The minimum absolute atomic E-state index is 0.0837. The summed E-state index contributed by atoms with van der Waals surface area (Å²) >= 11 is 0. The fraction of sp³-hybridized carbons (Fsp3) is 0.417. The average Bonchev–Trinajstić information content (AvgIpc) is 2.51. The average molecular weight is 332 g/mol. The second-order valence-corrected chi connectivity index (χ2v) is 6.07. The van der Waals surface area contributed by atoms with Crippen molar-refractivity contribution in [1.29, 1.82) is 0 Å². The molecule has 0 heterocycles. The van der Waals surface area contributed by atoms with Gasteiger partial charge in [-0.1, -0.05) is 6.92 Å². The first kappa shape index (κ1) is 18.0. The van der Waals surface area contributed by atoms with E-state index >= 15 is 0 Å². The van der Waals surface area contributed by atoms with Gasteiger partial charge in [0.25, 0.3) is 5.69 Å². The Hall–Kier alpha value is -2.04. The van der Waals surface area contributed by atoms with Gasteiger partial charge in [0.2, 0.25) is 10.0 Å². The van der Waals surface area contributed by atoms with E-state index in [0.717, 1.165) is 35.7 Å². The number of rotatable bonds is 7. The van der Waals surface area contributed by atoms with Crippen molar-refractivity contribution in [1.82, 2.24) is 4.31 Å². The van der Waals surface area contributed by atoms with Crippen LogP contribution in [0.1, 0.15) is 6.92 Å². The van der Waals surface area contributed by atoms with Crippen LogP contribution in [-0.4, -0.2) is 55.0 Å². The summed E-state index contributed by atoms with van der Waals surface area (Å²) in [5.74, 6) is -0.894. The lowest BCUT2D eigenvalue weighted by molar-refractivity contribution is -0.384. The number of carbonyl (C=O) groups excluding carboxylic acids is 1. The second kappa shape index (κ2) is 7.29. The molecule has 1 N–H and O–H groups in total. The number of benzene rings is 1. The maximum atomic E-state index is 12.5. The number of nitro groups is 1. The predicted molar refractivity (Wildman–Crippen MR) is 75.6 cm³/mol. The zero-order valence-corrected chi connectivity index (χ0v) is 12.8. The Bertz CT molecular complexity index is 642. The molecular formula is C12H16N2O7S. The summed E-state index contributed by atoms with van der Waals surface area (Å²) in [7, 11) is -3.03. The molecule has 0 aromatic heterocycles. The Kier molecular flexibility index (Phi) is 5.97. The van der Waals surface area contributed by atoms with Crippen LogP contribution in [0.15, 0.2) is 29.2 Å². The number of hydrogen-bond donors (Lipinski definition) is 1. The highest BCUT2D eigenvalue weighted by Crippen LogP contribution is 2.21. The molecule has 1 aromatic rings. The van der Waals surface area contributed by atoms with E-state index in [4.69, 9.17) is 0 Å². The van der Waals surface area contributed by atoms with E-state index in [1.54, 1.807) is 0 Å². The van der Waals surface area contributed by atoms with E-state index in [9.17, 15) is 28.4 Å². The molecule has 0 saturated heterocycles. The highest BCUT2D eigenvalue weighted by molar-refractivity contribution is 7.89. The molecule has 0 aliphatic heterocycles. The van der Waals surface area contributed by atoms with Crippen LogP contribution in [0.5, 0.6) is 0 Å². The molecule has 0 bridgehead atoms. The number of non-ortho nitro benzene ring substituents is 1. The van der Waals surface area contributed by atoms with Crippen molar-refractivity contribution in [2.45, 2.75) is 17.9 Å². The highest BCUT2D eigenvalue weighted by atomic mass is 32.2. The first-order valence-electron chi connectivity index (χ1n) is 6.24. The van der Waals surface area contributed by atoms with Crippen molar-refractivity contribution in [3.63, 3.8) is 0 Å². The third-order valence-electron chi connectivity index (χ3n) is 2.96. The Morgan fingerprint density at radius 1 is 1.41 bits per heavy atom. The van der Waals surface area contributed by atoms with Crippen molar-refractivity contribution in [3.8, 4) is 0 Å². The van der Waals surface area contributed by atoms with Gasteiger partial charge in [0.05, 0.1) is 23.5 Å². The third kappa shape index (κ3) is 3.59. The van der Waals surface area contributed by atoms with Crippen molar-refractivity contribution in [3.05, 3.63) is 34.4 Å². The summed E-state index contributed by atoms with van der Waals surface area (Å²) in [4.78, 5) is 21.3. The standard InChI is InChI=1S/C12H16N2O7S/c1-3-13(11(8-15)12(16)21-2)22(19,20)10-6-4-9(5-7-10)14(17)18/h4-7,11,15H,3,8H2,1-2H3/t11-/m0/s1. The van der Waals surface area contributed by atoms with Crippen molar-refractivity contribution < 1.29 is 28.0 Å². The number of carbonyl (C=O) groups is 1. The van der Waals surface area contributed by atoms with E-state index in [1.807, 2.05) is 0 Å². The van der Waals surface area contributed by atoms with Crippen LogP contribution in [0.3, 0.4) is 0 Å². The highest BCUT2D eigenvalue weighted by Gasteiger charge is 2.35. The van der Waals surface area contributed by atoms with Gasteiger partial charge in [-0.3, -0.25) is 14.9 Å². The van der Waals surface area contributed by atoms with E-state index < -0.39 is 33.6 Å². The number of aliphatic hydroxyl groups is 1. The molecule has 22 heavy (non-hydrogen) atoms. The van der Waals surface area contributed by atoms with Crippen LogP contribution in [0.2, 0.25) is 0 Å². The summed E-state index contributed by atoms with van der Waals surface area (Å²) in [6.45, 7) is 0.668. The molecule has 0 aliphatic carbocycles. The van der Waals surface area contributed by atoms with Crippen molar-refractivity contribution >= 4 is 21.7 Å². The van der Waals surface area contributed by atoms with E-state index in [0.29, 0.717) is 0 Å². The van der Waals surface area contributed by atoms with Crippen LogP contribution in [0, 0.1) is 10.1 Å². The lowest BCUT2D eigenvalue weighted by Gasteiger charge is -2.26. The summed E-state index contributed by atoms with van der Waals surface area (Å²) in [5.41, 5.74) is -0.256. The minimum atomic E-state index is -4.11. The zero-order chi connectivity index (χ0) is 16.9. The number of hydrogen-bond acceptors (Lipinski definition) is 7. The van der Waals surface area contributed by atoms with E-state index in [2.05, 4.69) is 4.74 Å². The third-order valence-corrected chi connectivity index (χ3v) is 4.96. The lowest BCUT2D eigenvalue weighted by Crippen LogP contribution is -2.47. The molecule has 0 unspecified atom stereocenters. The normalized spacial score (nSPS) is 12.9. The van der Waals surface area contributed by atoms with Gasteiger partial charge < -0.3 is 9.84 Å². The topological polar surface area (TPSA) is 127 Å². The Labute approximate surface area is 127 Å².